The van der Waals surface area contributed by atoms with Crippen LogP contribution in [0.15, 0.2) is 48.5 Å². The van der Waals surface area contributed by atoms with E-state index in [1.54, 1.807) is 24.1 Å². The molecule has 7 heteroatoms. The molecule has 1 heterocycles. The maximum absolute atomic E-state index is 12.4. The lowest BCUT2D eigenvalue weighted by Gasteiger charge is -2.17. The highest BCUT2D eigenvalue weighted by atomic mass is 16.5. The zero-order valence-corrected chi connectivity index (χ0v) is 15.6. The number of carbonyl (C=O) groups is 3. The number of ether oxygens (including phenoxy) is 1. The van der Waals surface area contributed by atoms with Gasteiger partial charge < -0.3 is 20.1 Å². The zero-order valence-electron chi connectivity index (χ0n) is 15.6. The molecule has 0 saturated carbocycles. The molecule has 2 N–H and O–H groups in total. The molecule has 146 valence electrons. The van der Waals surface area contributed by atoms with Crippen molar-refractivity contribution < 1.29 is 24.2 Å². The molecule has 7 nitrogen and oxygen atoms in total. The second kappa shape index (κ2) is 8.56. The second-order valence-electron chi connectivity index (χ2n) is 6.75. The number of rotatable bonds is 7. The summed E-state index contributed by atoms with van der Waals surface area (Å²) in [5, 5.41) is 11.8. The van der Waals surface area contributed by atoms with Gasteiger partial charge in [-0.15, -0.1) is 0 Å². The van der Waals surface area contributed by atoms with Crippen LogP contribution in [0.25, 0.3) is 0 Å². The Kier molecular flexibility index (Phi) is 5.93. The van der Waals surface area contributed by atoms with E-state index in [0.717, 1.165) is 11.3 Å². The Labute approximate surface area is 162 Å². The van der Waals surface area contributed by atoms with Crippen LogP contribution in [0.5, 0.6) is 5.75 Å². The highest BCUT2D eigenvalue weighted by Gasteiger charge is 2.34. The molecule has 3 rings (SSSR count). The summed E-state index contributed by atoms with van der Waals surface area (Å²) in [5.74, 6) is -0.923. The summed E-state index contributed by atoms with van der Waals surface area (Å²) in [6, 6.07) is 13.9. The predicted molar refractivity (Wildman–Crippen MR) is 102 cm³/mol. The number of hydrogen-bond donors (Lipinski definition) is 2. The van der Waals surface area contributed by atoms with Crippen molar-refractivity contribution in [2.45, 2.75) is 19.5 Å². The van der Waals surface area contributed by atoms with Crippen molar-refractivity contribution in [1.82, 2.24) is 10.2 Å². The zero-order chi connectivity index (χ0) is 20.1. The van der Waals surface area contributed by atoms with E-state index in [1.165, 1.54) is 12.1 Å². The number of carboxylic acids is 1. The molecule has 2 amide bonds. The number of nitrogens with zero attached hydrogens (tertiary/aromatic N) is 1. The minimum Gasteiger partial charge on any atom is -0.497 e. The van der Waals surface area contributed by atoms with Crippen LogP contribution < -0.4 is 10.1 Å². The van der Waals surface area contributed by atoms with Crippen LogP contribution in [0.1, 0.15) is 27.9 Å². The third-order valence-electron chi connectivity index (χ3n) is 4.76. The van der Waals surface area contributed by atoms with Crippen molar-refractivity contribution in [3.05, 3.63) is 65.2 Å². The van der Waals surface area contributed by atoms with Crippen LogP contribution in [0.3, 0.4) is 0 Å². The Bertz CT molecular complexity index is 879. The first-order chi connectivity index (χ1) is 13.5. The molecule has 1 fully saturated rings. The molecule has 1 atom stereocenters. The summed E-state index contributed by atoms with van der Waals surface area (Å²) >= 11 is 0. The summed E-state index contributed by atoms with van der Waals surface area (Å²) in [5.41, 5.74) is 1.85. The van der Waals surface area contributed by atoms with Crippen LogP contribution in [-0.4, -0.2) is 41.4 Å². The summed E-state index contributed by atoms with van der Waals surface area (Å²) < 4.78 is 5.13. The summed E-state index contributed by atoms with van der Waals surface area (Å²) in [6.07, 6.45) is 0.178. The van der Waals surface area contributed by atoms with Gasteiger partial charge >= 0.3 is 5.97 Å². The number of hydrogen-bond acceptors (Lipinski definition) is 4. The molecular weight excluding hydrogens is 360 g/mol. The number of benzene rings is 2. The molecular formula is C21H22N2O5. The molecule has 0 aliphatic carbocycles. The molecule has 28 heavy (non-hydrogen) atoms. The molecule has 2 aromatic rings. The lowest BCUT2D eigenvalue weighted by Crippen LogP contribution is -2.32. The van der Waals surface area contributed by atoms with Crippen molar-refractivity contribution in [3.63, 3.8) is 0 Å². The van der Waals surface area contributed by atoms with Crippen LogP contribution in [-0.2, 0) is 22.7 Å². The Hall–Kier alpha value is -3.35. The van der Waals surface area contributed by atoms with Gasteiger partial charge in [0, 0.05) is 26.1 Å². The minimum atomic E-state index is -1.01. The predicted octanol–water partition coefficient (Wildman–Crippen LogP) is 2.06. The smallest absolute Gasteiger partial charge is 0.335 e. The molecule has 0 spiro atoms. The molecule has 0 unspecified atom stereocenters. The fourth-order valence-electron chi connectivity index (χ4n) is 3.20. The van der Waals surface area contributed by atoms with Gasteiger partial charge in [-0.3, -0.25) is 9.59 Å². The topological polar surface area (TPSA) is 95.9 Å². The number of nitrogens with one attached hydrogen (secondary N) is 1. The van der Waals surface area contributed by atoms with Gasteiger partial charge in [0.25, 0.3) is 0 Å². The van der Waals surface area contributed by atoms with E-state index in [2.05, 4.69) is 5.32 Å². The Morgan fingerprint density at radius 2 is 1.93 bits per heavy atom. The molecule has 1 aliphatic heterocycles. The Morgan fingerprint density at radius 3 is 2.61 bits per heavy atom. The lowest BCUT2D eigenvalue weighted by molar-refractivity contribution is -0.129. The fraction of sp³-hybridized carbons (Fsp3) is 0.286. The normalized spacial score (nSPS) is 16.1. The number of likely N-dealkylation sites (tertiary alicyclic amines) is 1. The molecule has 1 saturated heterocycles. The highest BCUT2D eigenvalue weighted by Crippen LogP contribution is 2.21. The molecule has 0 bridgehead atoms. The highest BCUT2D eigenvalue weighted by molar-refractivity contribution is 5.89. The average Bonchev–Trinajstić information content (AvgIpc) is 3.07. The maximum Gasteiger partial charge on any atom is 0.335 e. The van der Waals surface area contributed by atoms with Gasteiger partial charge in [0.1, 0.15) is 5.75 Å². The van der Waals surface area contributed by atoms with Crippen LogP contribution >= 0.6 is 0 Å². The van der Waals surface area contributed by atoms with E-state index in [9.17, 15) is 14.4 Å². The third-order valence-corrected chi connectivity index (χ3v) is 4.76. The molecule has 1 aliphatic rings. The van der Waals surface area contributed by atoms with Gasteiger partial charge in [-0.1, -0.05) is 24.3 Å². The van der Waals surface area contributed by atoms with E-state index in [4.69, 9.17) is 9.84 Å². The van der Waals surface area contributed by atoms with E-state index in [0.29, 0.717) is 18.7 Å². The molecule has 2 aromatic carbocycles. The average molecular weight is 382 g/mol. The minimum absolute atomic E-state index is 0.0520. The summed E-state index contributed by atoms with van der Waals surface area (Å²) in [7, 11) is 1.60. The number of amides is 2. The number of carboxylic acid groups (broad SMARTS) is 1. The van der Waals surface area contributed by atoms with Crippen LogP contribution in [0.4, 0.5) is 0 Å². The van der Waals surface area contributed by atoms with Gasteiger partial charge in [-0.05, 0) is 35.4 Å². The monoisotopic (exact) mass is 382 g/mol. The summed E-state index contributed by atoms with van der Waals surface area (Å²) in [6.45, 7) is 1.04. The van der Waals surface area contributed by atoms with Gasteiger partial charge in [0.15, 0.2) is 0 Å². The van der Waals surface area contributed by atoms with Crippen LogP contribution in [0, 0.1) is 5.92 Å². The maximum atomic E-state index is 12.4. The summed E-state index contributed by atoms with van der Waals surface area (Å²) in [4.78, 5) is 37.4. The van der Waals surface area contributed by atoms with E-state index >= 15 is 0 Å². The number of methoxy groups -OCH3 is 1. The molecule has 0 aromatic heterocycles. The number of carbonyl (C=O) groups excluding carboxylic acids is 2. The lowest BCUT2D eigenvalue weighted by atomic mass is 10.1. The van der Waals surface area contributed by atoms with Crippen molar-refractivity contribution in [1.29, 1.82) is 0 Å². The SMILES string of the molecule is COc1ccc(CN2C[C@@H](C(=O)NCc3cccc(C(=O)O)c3)CC2=O)cc1. The van der Waals surface area contributed by atoms with Gasteiger partial charge in [-0.2, -0.15) is 0 Å². The first-order valence-corrected chi connectivity index (χ1v) is 8.97. The number of aromatic carboxylic acids is 1. The first-order valence-electron chi connectivity index (χ1n) is 8.97. The van der Waals surface area contributed by atoms with Gasteiger partial charge in [0.05, 0.1) is 18.6 Å². The van der Waals surface area contributed by atoms with Gasteiger partial charge in [0.2, 0.25) is 11.8 Å². The Balaban J connectivity index is 1.54. The van der Waals surface area contributed by atoms with E-state index in [1.807, 2.05) is 24.3 Å². The van der Waals surface area contributed by atoms with E-state index in [-0.39, 0.29) is 30.3 Å². The quantitative estimate of drug-likeness (QED) is 0.764. The van der Waals surface area contributed by atoms with Crippen molar-refractivity contribution >= 4 is 17.8 Å². The van der Waals surface area contributed by atoms with Gasteiger partial charge in [-0.25, -0.2) is 4.79 Å². The molecule has 0 radical (unpaired) electrons. The fourth-order valence-corrected chi connectivity index (χ4v) is 3.20. The van der Waals surface area contributed by atoms with Crippen molar-refractivity contribution in [2.24, 2.45) is 5.92 Å². The first kappa shape index (κ1) is 19.4. The van der Waals surface area contributed by atoms with Crippen molar-refractivity contribution in [3.8, 4) is 5.75 Å². The van der Waals surface area contributed by atoms with Crippen LogP contribution in [0.2, 0.25) is 0 Å². The Morgan fingerprint density at radius 1 is 1.18 bits per heavy atom. The third kappa shape index (κ3) is 4.68. The second-order valence-corrected chi connectivity index (χ2v) is 6.75. The standard InChI is InChI=1S/C21H22N2O5/c1-28-18-7-5-14(6-8-18)12-23-13-17(10-19(23)24)20(25)22-11-15-3-2-4-16(9-15)21(26)27/h2-9,17H,10-13H2,1H3,(H,22,25)(H,26,27)/t17-/m0/s1. The van der Waals surface area contributed by atoms with Crippen molar-refractivity contribution in [2.75, 3.05) is 13.7 Å². The largest absolute Gasteiger partial charge is 0.497 e. The van der Waals surface area contributed by atoms with E-state index < -0.39 is 11.9 Å².